The normalized spacial score (nSPS) is 37.9. The van der Waals surface area contributed by atoms with Gasteiger partial charge in [0.1, 0.15) is 0 Å². The Morgan fingerprint density at radius 1 is 1.10 bits per heavy atom. The third-order valence-corrected chi connectivity index (χ3v) is 6.12. The van der Waals surface area contributed by atoms with E-state index in [1.807, 2.05) is 18.2 Å². The predicted octanol–water partition coefficient (Wildman–Crippen LogP) is 3.47. The number of hydrogen-bond acceptors (Lipinski definition) is 2. The number of fused-ring (bicyclic) bond motifs is 5. The summed E-state index contributed by atoms with van der Waals surface area (Å²) in [7, 11) is 0. The van der Waals surface area contributed by atoms with Crippen LogP contribution in [-0.4, -0.2) is 6.04 Å². The molecule has 3 saturated carbocycles. The first kappa shape index (κ1) is 12.4. The molecular formula is C18H22N2. The first-order valence-corrected chi connectivity index (χ1v) is 8.08. The van der Waals surface area contributed by atoms with Gasteiger partial charge in [-0.05, 0) is 61.0 Å². The lowest BCUT2D eigenvalue weighted by Gasteiger charge is -2.32. The molecule has 20 heavy (non-hydrogen) atoms. The van der Waals surface area contributed by atoms with E-state index in [0.29, 0.717) is 6.04 Å². The zero-order chi connectivity index (χ0) is 13.5. The number of rotatable bonds is 3. The summed E-state index contributed by atoms with van der Waals surface area (Å²) in [6, 6.07) is 11.0. The van der Waals surface area contributed by atoms with Crippen molar-refractivity contribution >= 4 is 0 Å². The molecule has 5 atom stereocenters. The van der Waals surface area contributed by atoms with Crippen molar-refractivity contribution in [3.8, 4) is 6.07 Å². The number of nitrogens with one attached hydrogen (secondary N) is 1. The number of benzene rings is 1. The Balaban J connectivity index is 1.43. The van der Waals surface area contributed by atoms with Crippen LogP contribution in [0.15, 0.2) is 24.3 Å². The molecule has 4 rings (SSSR count). The van der Waals surface area contributed by atoms with E-state index < -0.39 is 0 Å². The minimum absolute atomic E-state index is 0.700. The Bertz CT molecular complexity index is 545. The standard InChI is InChI=1S/C18H22N2/c19-10-12-4-1-2-5-13(12)11-20-18-9-14-8-17(18)16-7-3-6-15(14)16/h1-2,4-5,14-18,20H,3,6-9,11H2. The second kappa shape index (κ2) is 4.90. The van der Waals surface area contributed by atoms with Crippen LogP contribution in [0.5, 0.6) is 0 Å². The lowest BCUT2D eigenvalue weighted by Crippen LogP contribution is -2.39. The van der Waals surface area contributed by atoms with Gasteiger partial charge in [0, 0.05) is 12.6 Å². The molecule has 0 amide bonds. The summed E-state index contributed by atoms with van der Waals surface area (Å²) in [5.41, 5.74) is 1.97. The van der Waals surface area contributed by atoms with Crippen LogP contribution in [0.1, 0.15) is 43.2 Å². The van der Waals surface area contributed by atoms with Crippen molar-refractivity contribution in [2.24, 2.45) is 23.7 Å². The van der Waals surface area contributed by atoms with Crippen molar-refractivity contribution in [1.29, 1.82) is 5.26 Å². The van der Waals surface area contributed by atoms with Crippen LogP contribution in [0.3, 0.4) is 0 Å². The lowest BCUT2D eigenvalue weighted by molar-refractivity contribution is 0.208. The Labute approximate surface area is 121 Å². The van der Waals surface area contributed by atoms with E-state index in [2.05, 4.69) is 17.5 Å². The van der Waals surface area contributed by atoms with Gasteiger partial charge in [-0.15, -0.1) is 0 Å². The largest absolute Gasteiger partial charge is 0.310 e. The third kappa shape index (κ3) is 1.88. The van der Waals surface area contributed by atoms with E-state index in [1.54, 1.807) is 0 Å². The molecule has 1 aromatic carbocycles. The number of hydrogen-bond donors (Lipinski definition) is 1. The Kier molecular flexibility index (Phi) is 3.04. The highest BCUT2D eigenvalue weighted by molar-refractivity contribution is 5.37. The molecule has 0 saturated heterocycles. The van der Waals surface area contributed by atoms with Crippen LogP contribution >= 0.6 is 0 Å². The van der Waals surface area contributed by atoms with Gasteiger partial charge in [0.25, 0.3) is 0 Å². The van der Waals surface area contributed by atoms with Crippen LogP contribution in [0, 0.1) is 35.0 Å². The van der Waals surface area contributed by atoms with E-state index in [9.17, 15) is 0 Å². The van der Waals surface area contributed by atoms with Crippen LogP contribution in [0.4, 0.5) is 0 Å². The monoisotopic (exact) mass is 266 g/mol. The van der Waals surface area contributed by atoms with Gasteiger partial charge in [-0.1, -0.05) is 24.6 Å². The number of nitrogens with zero attached hydrogens (tertiary/aromatic N) is 1. The van der Waals surface area contributed by atoms with E-state index in [1.165, 1.54) is 32.1 Å². The van der Waals surface area contributed by atoms with Crippen molar-refractivity contribution < 1.29 is 0 Å². The molecule has 3 aliphatic carbocycles. The molecule has 3 fully saturated rings. The van der Waals surface area contributed by atoms with Crippen molar-refractivity contribution in [2.45, 2.75) is 44.7 Å². The van der Waals surface area contributed by atoms with E-state index in [0.717, 1.165) is 41.3 Å². The van der Waals surface area contributed by atoms with Gasteiger partial charge in [0.15, 0.2) is 0 Å². The van der Waals surface area contributed by atoms with E-state index in [-0.39, 0.29) is 0 Å². The summed E-state index contributed by atoms with van der Waals surface area (Å²) < 4.78 is 0. The highest BCUT2D eigenvalue weighted by Gasteiger charge is 2.53. The van der Waals surface area contributed by atoms with Gasteiger partial charge in [-0.2, -0.15) is 5.26 Å². The second-order valence-electron chi connectivity index (χ2n) is 6.91. The molecule has 1 N–H and O–H groups in total. The molecule has 2 nitrogen and oxygen atoms in total. The Hall–Kier alpha value is -1.33. The predicted molar refractivity (Wildman–Crippen MR) is 78.8 cm³/mol. The second-order valence-corrected chi connectivity index (χ2v) is 6.91. The summed E-state index contributed by atoms with van der Waals surface area (Å²) in [5, 5.41) is 12.9. The molecule has 1 aromatic rings. The van der Waals surface area contributed by atoms with Crippen LogP contribution in [0.25, 0.3) is 0 Å². The molecule has 5 unspecified atom stereocenters. The fourth-order valence-corrected chi connectivity index (χ4v) is 5.33. The minimum Gasteiger partial charge on any atom is -0.310 e. The number of nitriles is 1. The highest BCUT2D eigenvalue weighted by atomic mass is 14.9. The van der Waals surface area contributed by atoms with Gasteiger partial charge in [-0.3, -0.25) is 0 Å². The zero-order valence-electron chi connectivity index (χ0n) is 11.9. The van der Waals surface area contributed by atoms with Gasteiger partial charge in [-0.25, -0.2) is 0 Å². The molecule has 0 aliphatic heterocycles. The smallest absolute Gasteiger partial charge is 0.0995 e. The van der Waals surface area contributed by atoms with Crippen LogP contribution < -0.4 is 5.32 Å². The van der Waals surface area contributed by atoms with Crippen molar-refractivity contribution in [3.05, 3.63) is 35.4 Å². The maximum absolute atomic E-state index is 9.16. The fraction of sp³-hybridized carbons (Fsp3) is 0.611. The summed E-state index contributed by atoms with van der Waals surface area (Å²) in [4.78, 5) is 0. The third-order valence-electron chi connectivity index (χ3n) is 6.12. The van der Waals surface area contributed by atoms with Crippen molar-refractivity contribution in [2.75, 3.05) is 0 Å². The molecule has 3 aliphatic rings. The van der Waals surface area contributed by atoms with Crippen molar-refractivity contribution in [1.82, 2.24) is 5.32 Å². The molecule has 0 spiro atoms. The molecule has 0 heterocycles. The molecule has 2 heteroatoms. The Morgan fingerprint density at radius 3 is 2.85 bits per heavy atom. The zero-order valence-corrected chi connectivity index (χ0v) is 11.9. The topological polar surface area (TPSA) is 35.8 Å². The first-order chi connectivity index (χ1) is 9.86. The van der Waals surface area contributed by atoms with Crippen LogP contribution in [-0.2, 0) is 6.54 Å². The van der Waals surface area contributed by atoms with Gasteiger partial charge < -0.3 is 5.32 Å². The van der Waals surface area contributed by atoms with Gasteiger partial charge in [0.05, 0.1) is 11.6 Å². The van der Waals surface area contributed by atoms with Gasteiger partial charge >= 0.3 is 0 Å². The van der Waals surface area contributed by atoms with E-state index in [4.69, 9.17) is 5.26 Å². The summed E-state index contributed by atoms with van der Waals surface area (Å²) >= 11 is 0. The Morgan fingerprint density at radius 2 is 1.95 bits per heavy atom. The van der Waals surface area contributed by atoms with E-state index >= 15 is 0 Å². The first-order valence-electron chi connectivity index (χ1n) is 8.08. The van der Waals surface area contributed by atoms with Gasteiger partial charge in [0.2, 0.25) is 0 Å². The SMILES string of the molecule is N#Cc1ccccc1CNC1CC2CC1C1CCCC21. The molecular weight excluding hydrogens is 244 g/mol. The summed E-state index contributed by atoms with van der Waals surface area (Å²) in [5.74, 6) is 3.99. The van der Waals surface area contributed by atoms with Crippen LogP contribution in [0.2, 0.25) is 0 Å². The molecule has 2 bridgehead atoms. The fourth-order valence-electron chi connectivity index (χ4n) is 5.33. The minimum atomic E-state index is 0.700. The summed E-state index contributed by atoms with van der Waals surface area (Å²) in [6.45, 7) is 0.856. The average molecular weight is 266 g/mol. The highest BCUT2D eigenvalue weighted by Crippen LogP contribution is 2.58. The molecule has 0 radical (unpaired) electrons. The van der Waals surface area contributed by atoms with Crippen molar-refractivity contribution in [3.63, 3.8) is 0 Å². The maximum atomic E-state index is 9.16. The molecule has 0 aromatic heterocycles. The summed E-state index contributed by atoms with van der Waals surface area (Å²) in [6.07, 6.45) is 7.27. The lowest BCUT2D eigenvalue weighted by atomic mass is 9.79. The maximum Gasteiger partial charge on any atom is 0.0995 e. The molecule has 104 valence electrons. The quantitative estimate of drug-likeness (QED) is 0.909. The average Bonchev–Trinajstić information content (AvgIpc) is 3.17.